The molecule has 0 radical (unpaired) electrons. The van der Waals surface area contributed by atoms with Gasteiger partial charge in [-0.1, -0.05) is 21.1 Å². The van der Waals surface area contributed by atoms with Crippen molar-refractivity contribution in [2.24, 2.45) is 0 Å². The molecule has 17 heavy (non-hydrogen) atoms. The molecule has 1 aliphatic rings. The maximum Gasteiger partial charge on any atom is 0.0835 e. The predicted molar refractivity (Wildman–Crippen MR) is 73.8 cm³/mol. The van der Waals surface area contributed by atoms with Crippen LogP contribution in [0.15, 0.2) is 6.20 Å². The third-order valence-corrected chi connectivity index (χ3v) is 4.22. The molecular formula is C11H18BrN3OS. The molecule has 0 saturated carbocycles. The molecule has 2 rings (SSSR count). The van der Waals surface area contributed by atoms with E-state index in [4.69, 9.17) is 4.74 Å². The van der Waals surface area contributed by atoms with Crippen molar-refractivity contribution in [1.82, 2.24) is 15.0 Å². The van der Waals surface area contributed by atoms with Crippen molar-refractivity contribution in [3.8, 4) is 0 Å². The fourth-order valence-corrected chi connectivity index (χ4v) is 3.28. The summed E-state index contributed by atoms with van der Waals surface area (Å²) in [5.41, 5.74) is 1.04. The summed E-state index contributed by atoms with van der Waals surface area (Å²) in [6, 6.07) is 0. The van der Waals surface area contributed by atoms with E-state index in [9.17, 15) is 0 Å². The van der Waals surface area contributed by atoms with E-state index in [0.29, 0.717) is 6.10 Å². The Kier molecular flexibility index (Phi) is 5.80. The van der Waals surface area contributed by atoms with Crippen LogP contribution in [-0.4, -0.2) is 44.5 Å². The van der Waals surface area contributed by atoms with Crippen molar-refractivity contribution in [2.75, 3.05) is 23.4 Å². The van der Waals surface area contributed by atoms with Gasteiger partial charge in [0.05, 0.1) is 24.9 Å². The van der Waals surface area contributed by atoms with Crippen molar-refractivity contribution >= 4 is 27.7 Å². The molecule has 0 atom stereocenters. The van der Waals surface area contributed by atoms with Gasteiger partial charge in [0.15, 0.2) is 0 Å². The van der Waals surface area contributed by atoms with Gasteiger partial charge in [-0.05, 0) is 24.3 Å². The topological polar surface area (TPSA) is 39.9 Å². The minimum atomic E-state index is 0.460. The molecule has 96 valence electrons. The van der Waals surface area contributed by atoms with Gasteiger partial charge in [0.2, 0.25) is 0 Å². The summed E-state index contributed by atoms with van der Waals surface area (Å²) >= 11 is 5.42. The molecule has 1 aromatic rings. The van der Waals surface area contributed by atoms with Gasteiger partial charge >= 0.3 is 0 Å². The first-order valence-corrected chi connectivity index (χ1v) is 8.30. The Labute approximate surface area is 115 Å². The summed E-state index contributed by atoms with van der Waals surface area (Å²) in [6.45, 7) is 1.55. The van der Waals surface area contributed by atoms with Gasteiger partial charge in [-0.15, -0.1) is 5.10 Å². The normalized spacial score (nSPS) is 17.5. The fraction of sp³-hybridized carbons (Fsp3) is 0.818. The number of aryl methyl sites for hydroxylation is 1. The molecule has 1 aromatic heterocycles. The second-order valence-corrected chi connectivity index (χ2v) is 6.11. The molecule has 0 unspecified atom stereocenters. The van der Waals surface area contributed by atoms with E-state index in [0.717, 1.165) is 30.6 Å². The number of alkyl halides is 1. The van der Waals surface area contributed by atoms with E-state index < -0.39 is 0 Å². The summed E-state index contributed by atoms with van der Waals surface area (Å²) in [5.74, 6) is 2.48. The van der Waals surface area contributed by atoms with Crippen LogP contribution in [0, 0.1) is 0 Å². The van der Waals surface area contributed by atoms with E-state index in [1.165, 1.54) is 24.3 Å². The van der Waals surface area contributed by atoms with Crippen molar-refractivity contribution < 1.29 is 4.74 Å². The molecule has 0 bridgehead atoms. The van der Waals surface area contributed by atoms with E-state index in [1.54, 1.807) is 0 Å². The summed E-state index contributed by atoms with van der Waals surface area (Å²) < 4.78 is 7.72. The quantitative estimate of drug-likeness (QED) is 0.753. The molecule has 1 saturated heterocycles. The minimum absolute atomic E-state index is 0.460. The van der Waals surface area contributed by atoms with Gasteiger partial charge in [-0.25, -0.2) is 4.68 Å². The maximum absolute atomic E-state index is 5.84. The predicted octanol–water partition coefficient (Wildman–Crippen LogP) is 2.13. The molecule has 0 spiro atoms. The average molecular weight is 320 g/mol. The number of ether oxygens (including phenoxy) is 1. The number of thioether (sulfide) groups is 1. The van der Waals surface area contributed by atoms with Gasteiger partial charge in [0.25, 0.3) is 0 Å². The standard InChI is InChI=1S/C11H18BrN3OS/c12-4-1-10-9-15(14-13-10)5-6-16-11-2-7-17-8-3-11/h9,11H,1-8H2. The van der Waals surface area contributed by atoms with Crippen LogP contribution in [0.5, 0.6) is 0 Å². The van der Waals surface area contributed by atoms with Crippen LogP contribution < -0.4 is 0 Å². The second-order valence-electron chi connectivity index (χ2n) is 4.09. The molecule has 0 amide bonds. The Balaban J connectivity index is 1.66. The van der Waals surface area contributed by atoms with E-state index in [1.807, 2.05) is 22.6 Å². The Bertz CT molecular complexity index is 328. The van der Waals surface area contributed by atoms with Crippen LogP contribution in [0.1, 0.15) is 18.5 Å². The Morgan fingerprint density at radius 2 is 2.29 bits per heavy atom. The summed E-state index contributed by atoms with van der Waals surface area (Å²) in [7, 11) is 0. The molecule has 2 heterocycles. The fourth-order valence-electron chi connectivity index (χ4n) is 1.81. The van der Waals surface area contributed by atoms with Crippen LogP contribution >= 0.6 is 27.7 Å². The van der Waals surface area contributed by atoms with Crippen molar-refractivity contribution in [3.63, 3.8) is 0 Å². The van der Waals surface area contributed by atoms with Crippen LogP contribution in [-0.2, 0) is 17.7 Å². The number of nitrogens with zero attached hydrogens (tertiary/aromatic N) is 3. The van der Waals surface area contributed by atoms with Crippen LogP contribution in [0.25, 0.3) is 0 Å². The van der Waals surface area contributed by atoms with Crippen LogP contribution in [0.4, 0.5) is 0 Å². The molecule has 1 aliphatic heterocycles. The lowest BCUT2D eigenvalue weighted by Crippen LogP contribution is -2.21. The number of hydrogen-bond donors (Lipinski definition) is 0. The van der Waals surface area contributed by atoms with Crippen LogP contribution in [0.3, 0.4) is 0 Å². The van der Waals surface area contributed by atoms with Crippen molar-refractivity contribution in [1.29, 1.82) is 0 Å². The summed E-state index contributed by atoms with van der Waals surface area (Å²) in [5, 5.41) is 9.11. The smallest absolute Gasteiger partial charge is 0.0835 e. The third kappa shape index (κ3) is 4.60. The Morgan fingerprint density at radius 1 is 1.47 bits per heavy atom. The lowest BCUT2D eigenvalue weighted by Gasteiger charge is -2.21. The van der Waals surface area contributed by atoms with Crippen LogP contribution in [0.2, 0.25) is 0 Å². The average Bonchev–Trinajstić information content (AvgIpc) is 2.79. The lowest BCUT2D eigenvalue weighted by atomic mass is 10.2. The van der Waals surface area contributed by atoms with Crippen molar-refractivity contribution in [2.45, 2.75) is 31.9 Å². The number of rotatable bonds is 6. The highest BCUT2D eigenvalue weighted by Gasteiger charge is 2.13. The first kappa shape index (κ1) is 13.4. The number of halogens is 1. The monoisotopic (exact) mass is 319 g/mol. The first-order valence-electron chi connectivity index (χ1n) is 6.03. The van der Waals surface area contributed by atoms with Gasteiger partial charge in [0.1, 0.15) is 0 Å². The molecule has 6 heteroatoms. The Morgan fingerprint density at radius 3 is 3.06 bits per heavy atom. The minimum Gasteiger partial charge on any atom is -0.376 e. The number of aromatic nitrogens is 3. The molecule has 1 fully saturated rings. The van der Waals surface area contributed by atoms with E-state index in [2.05, 4.69) is 26.2 Å². The zero-order chi connectivity index (χ0) is 11.9. The lowest BCUT2D eigenvalue weighted by molar-refractivity contribution is 0.0413. The van der Waals surface area contributed by atoms with Crippen molar-refractivity contribution in [3.05, 3.63) is 11.9 Å². The summed E-state index contributed by atoms with van der Waals surface area (Å²) in [6.07, 6.45) is 5.78. The maximum atomic E-state index is 5.84. The molecule has 0 aromatic carbocycles. The zero-order valence-corrected chi connectivity index (χ0v) is 12.3. The molecule has 0 aliphatic carbocycles. The second kappa shape index (κ2) is 7.38. The van der Waals surface area contributed by atoms with E-state index in [-0.39, 0.29) is 0 Å². The van der Waals surface area contributed by atoms with Gasteiger partial charge in [-0.2, -0.15) is 11.8 Å². The third-order valence-electron chi connectivity index (χ3n) is 2.78. The highest BCUT2D eigenvalue weighted by molar-refractivity contribution is 9.09. The number of hydrogen-bond acceptors (Lipinski definition) is 4. The van der Waals surface area contributed by atoms with Gasteiger partial charge < -0.3 is 4.74 Å². The largest absolute Gasteiger partial charge is 0.376 e. The zero-order valence-electron chi connectivity index (χ0n) is 9.85. The first-order chi connectivity index (χ1) is 8.38. The van der Waals surface area contributed by atoms with Gasteiger partial charge in [-0.3, -0.25) is 0 Å². The molecular weight excluding hydrogens is 302 g/mol. The SMILES string of the molecule is BrCCc1cn(CCOC2CCSCC2)nn1. The van der Waals surface area contributed by atoms with Gasteiger partial charge in [0, 0.05) is 17.9 Å². The highest BCUT2D eigenvalue weighted by Crippen LogP contribution is 2.19. The summed E-state index contributed by atoms with van der Waals surface area (Å²) in [4.78, 5) is 0. The van der Waals surface area contributed by atoms with E-state index >= 15 is 0 Å². The highest BCUT2D eigenvalue weighted by atomic mass is 79.9. The molecule has 4 nitrogen and oxygen atoms in total. The molecule has 0 N–H and O–H groups in total. The Hall–Kier alpha value is -0.0700.